The van der Waals surface area contributed by atoms with Gasteiger partial charge in [-0.25, -0.2) is 4.79 Å². The van der Waals surface area contributed by atoms with Gasteiger partial charge in [0.2, 0.25) is 0 Å². The van der Waals surface area contributed by atoms with Crippen LogP contribution in [0.3, 0.4) is 0 Å². The number of hydrogen-bond donors (Lipinski definition) is 2. The average Bonchev–Trinajstić information content (AvgIpc) is 2.42. The van der Waals surface area contributed by atoms with E-state index < -0.39 is 0 Å². The third-order valence-corrected chi connectivity index (χ3v) is 4.38. The molecule has 1 fully saturated rings. The van der Waals surface area contributed by atoms with Crippen molar-refractivity contribution in [3.8, 4) is 0 Å². The molecule has 0 atom stereocenters. The van der Waals surface area contributed by atoms with Crippen molar-refractivity contribution in [1.82, 2.24) is 5.32 Å². The van der Waals surface area contributed by atoms with Crippen molar-refractivity contribution in [3.63, 3.8) is 0 Å². The van der Waals surface area contributed by atoms with E-state index in [0.717, 1.165) is 31.1 Å². The molecular formula is C15H22N2O2S. The van der Waals surface area contributed by atoms with Crippen molar-refractivity contribution in [2.24, 2.45) is 5.41 Å². The van der Waals surface area contributed by atoms with E-state index in [4.69, 9.17) is 4.74 Å². The Kier molecular flexibility index (Phi) is 5.31. The minimum atomic E-state index is -0.160. The van der Waals surface area contributed by atoms with Gasteiger partial charge in [0.25, 0.3) is 0 Å². The molecule has 1 saturated heterocycles. The number of carbonyl (C=O) groups is 1. The molecule has 2 N–H and O–H groups in total. The Balaban J connectivity index is 1.75. The molecule has 20 heavy (non-hydrogen) atoms. The number of rotatable bonds is 6. The lowest BCUT2D eigenvalue weighted by Crippen LogP contribution is -2.49. The zero-order chi connectivity index (χ0) is 14.4. The van der Waals surface area contributed by atoms with Crippen molar-refractivity contribution < 1.29 is 9.53 Å². The lowest BCUT2D eigenvalue weighted by atomic mass is 9.89. The number of ether oxygens (including phenoxy) is 1. The Hall–Kier alpha value is -1.20. The molecule has 0 unspecified atom stereocenters. The predicted molar refractivity (Wildman–Crippen MR) is 83.4 cm³/mol. The SMILES string of the molecule is CCCSc1ccc(NC(=O)NCC2(C)COC2)cc1. The lowest BCUT2D eigenvalue weighted by molar-refractivity contribution is -0.0974. The van der Waals surface area contributed by atoms with Gasteiger partial charge in [-0.3, -0.25) is 0 Å². The Morgan fingerprint density at radius 2 is 2.05 bits per heavy atom. The van der Waals surface area contributed by atoms with Crippen LogP contribution in [0.1, 0.15) is 20.3 Å². The van der Waals surface area contributed by atoms with Crippen LogP contribution in [-0.2, 0) is 4.74 Å². The fourth-order valence-electron chi connectivity index (χ4n) is 1.88. The number of amides is 2. The number of benzene rings is 1. The van der Waals surface area contributed by atoms with Gasteiger partial charge in [0.1, 0.15) is 0 Å². The second-order valence-electron chi connectivity index (χ2n) is 5.48. The molecule has 0 saturated carbocycles. The molecule has 0 bridgehead atoms. The van der Waals surface area contributed by atoms with E-state index in [9.17, 15) is 4.79 Å². The van der Waals surface area contributed by atoms with Gasteiger partial charge in [0, 0.05) is 22.5 Å². The number of hydrogen-bond acceptors (Lipinski definition) is 3. The maximum absolute atomic E-state index is 11.8. The van der Waals surface area contributed by atoms with E-state index in [0.29, 0.717) is 6.54 Å². The number of carbonyl (C=O) groups excluding carboxylic acids is 1. The van der Waals surface area contributed by atoms with Gasteiger partial charge < -0.3 is 15.4 Å². The topological polar surface area (TPSA) is 50.4 Å². The van der Waals surface area contributed by atoms with Gasteiger partial charge in [-0.2, -0.15) is 0 Å². The average molecular weight is 294 g/mol. The van der Waals surface area contributed by atoms with Gasteiger partial charge in [-0.05, 0) is 36.4 Å². The van der Waals surface area contributed by atoms with Crippen LogP contribution in [0.25, 0.3) is 0 Å². The van der Waals surface area contributed by atoms with Crippen molar-refractivity contribution in [1.29, 1.82) is 0 Å². The minimum Gasteiger partial charge on any atom is -0.380 e. The standard InChI is InChI=1S/C15H22N2O2S/c1-3-8-20-13-6-4-12(5-7-13)17-14(18)16-9-15(2)10-19-11-15/h4-7H,3,8-11H2,1-2H3,(H2,16,17,18). The summed E-state index contributed by atoms with van der Waals surface area (Å²) in [4.78, 5) is 13.0. The first-order valence-corrected chi connectivity index (χ1v) is 7.95. The van der Waals surface area contributed by atoms with Crippen molar-refractivity contribution in [2.75, 3.05) is 30.8 Å². The number of anilines is 1. The maximum atomic E-state index is 11.8. The van der Waals surface area contributed by atoms with Gasteiger partial charge >= 0.3 is 6.03 Å². The molecule has 1 aromatic carbocycles. The monoisotopic (exact) mass is 294 g/mol. The first-order chi connectivity index (χ1) is 9.61. The highest BCUT2D eigenvalue weighted by Gasteiger charge is 2.33. The molecule has 1 heterocycles. The molecule has 1 aliphatic heterocycles. The summed E-state index contributed by atoms with van der Waals surface area (Å²) in [5.41, 5.74) is 0.913. The molecule has 1 aliphatic rings. The van der Waals surface area contributed by atoms with E-state index in [2.05, 4.69) is 24.5 Å². The second-order valence-corrected chi connectivity index (χ2v) is 6.65. The van der Waals surface area contributed by atoms with E-state index in [1.54, 1.807) is 0 Å². The number of nitrogens with one attached hydrogen (secondary N) is 2. The minimum absolute atomic E-state index is 0.0952. The third kappa shape index (κ3) is 4.42. The highest BCUT2D eigenvalue weighted by atomic mass is 32.2. The summed E-state index contributed by atoms with van der Waals surface area (Å²) in [6.45, 7) is 6.36. The predicted octanol–water partition coefficient (Wildman–Crippen LogP) is 3.35. The van der Waals surface area contributed by atoms with Crippen LogP contribution in [0.4, 0.5) is 10.5 Å². The molecular weight excluding hydrogens is 272 g/mol. The normalized spacial score (nSPS) is 16.3. The summed E-state index contributed by atoms with van der Waals surface area (Å²) >= 11 is 1.83. The Bertz CT molecular complexity index is 444. The molecule has 4 nitrogen and oxygen atoms in total. The van der Waals surface area contributed by atoms with Crippen LogP contribution >= 0.6 is 11.8 Å². The first-order valence-electron chi connectivity index (χ1n) is 6.97. The Morgan fingerprint density at radius 3 is 2.60 bits per heavy atom. The fraction of sp³-hybridized carbons (Fsp3) is 0.533. The molecule has 0 spiro atoms. The zero-order valence-corrected chi connectivity index (χ0v) is 12.9. The smallest absolute Gasteiger partial charge is 0.319 e. The summed E-state index contributed by atoms with van der Waals surface area (Å²) in [6, 6.07) is 7.79. The van der Waals surface area contributed by atoms with E-state index in [1.165, 1.54) is 4.90 Å². The van der Waals surface area contributed by atoms with Crippen molar-refractivity contribution in [3.05, 3.63) is 24.3 Å². The van der Waals surface area contributed by atoms with E-state index >= 15 is 0 Å². The highest BCUT2D eigenvalue weighted by molar-refractivity contribution is 7.99. The summed E-state index contributed by atoms with van der Waals surface area (Å²) in [7, 11) is 0. The van der Waals surface area contributed by atoms with Crippen molar-refractivity contribution >= 4 is 23.5 Å². The van der Waals surface area contributed by atoms with Crippen molar-refractivity contribution in [2.45, 2.75) is 25.2 Å². The van der Waals surface area contributed by atoms with Gasteiger partial charge in [-0.1, -0.05) is 13.8 Å². The van der Waals surface area contributed by atoms with Crippen LogP contribution in [0.5, 0.6) is 0 Å². The quantitative estimate of drug-likeness (QED) is 0.791. The van der Waals surface area contributed by atoms with E-state index in [-0.39, 0.29) is 11.4 Å². The fourth-order valence-corrected chi connectivity index (χ4v) is 2.64. The molecule has 2 amide bonds. The van der Waals surface area contributed by atoms with Crippen LogP contribution in [0.15, 0.2) is 29.2 Å². The second kappa shape index (κ2) is 6.99. The summed E-state index contributed by atoms with van der Waals surface area (Å²) in [5.74, 6) is 1.12. The van der Waals surface area contributed by atoms with Gasteiger partial charge in [0.15, 0.2) is 0 Å². The summed E-state index contributed by atoms with van der Waals surface area (Å²) in [5, 5.41) is 5.73. The van der Waals surface area contributed by atoms with E-state index in [1.807, 2.05) is 36.0 Å². The highest BCUT2D eigenvalue weighted by Crippen LogP contribution is 2.25. The van der Waals surface area contributed by atoms with Crippen LogP contribution in [-0.4, -0.2) is 31.5 Å². The first kappa shape index (κ1) is 15.2. The van der Waals surface area contributed by atoms with Crippen LogP contribution < -0.4 is 10.6 Å². The molecule has 1 aromatic rings. The Morgan fingerprint density at radius 1 is 1.35 bits per heavy atom. The van der Waals surface area contributed by atoms with Gasteiger partial charge in [0.05, 0.1) is 13.2 Å². The Labute approximate surface area is 124 Å². The lowest BCUT2D eigenvalue weighted by Gasteiger charge is -2.37. The summed E-state index contributed by atoms with van der Waals surface area (Å²) < 4.78 is 5.16. The largest absolute Gasteiger partial charge is 0.380 e. The zero-order valence-electron chi connectivity index (χ0n) is 12.1. The molecule has 5 heteroatoms. The molecule has 2 rings (SSSR count). The molecule has 0 aliphatic carbocycles. The maximum Gasteiger partial charge on any atom is 0.319 e. The number of urea groups is 1. The summed E-state index contributed by atoms with van der Waals surface area (Å²) in [6.07, 6.45) is 1.16. The number of thioether (sulfide) groups is 1. The van der Waals surface area contributed by atoms with Gasteiger partial charge in [-0.15, -0.1) is 11.8 Å². The molecule has 0 radical (unpaired) electrons. The third-order valence-electron chi connectivity index (χ3n) is 3.16. The van der Waals surface area contributed by atoms with Crippen LogP contribution in [0.2, 0.25) is 0 Å². The molecule has 110 valence electrons. The van der Waals surface area contributed by atoms with Crippen LogP contribution in [0, 0.1) is 5.41 Å². The molecule has 0 aromatic heterocycles.